The molecule has 1 atom stereocenters. The number of hydrogen-bond donors (Lipinski definition) is 1. The molecule has 0 bridgehead atoms. The lowest BCUT2D eigenvalue weighted by Gasteiger charge is -2.47. The zero-order valence-corrected chi connectivity index (χ0v) is 12.6. The Morgan fingerprint density at radius 3 is 2.22 bits per heavy atom. The topological polar surface area (TPSA) is 40.5 Å². The Bertz CT molecular complexity index is 283. The van der Waals surface area contributed by atoms with Crippen LogP contribution in [-0.4, -0.2) is 35.6 Å². The van der Waals surface area contributed by atoms with Crippen LogP contribution in [0.3, 0.4) is 0 Å². The number of aliphatic carboxylic acids is 1. The molecule has 1 saturated heterocycles. The minimum atomic E-state index is -0.672. The minimum Gasteiger partial charge on any atom is -0.481 e. The first-order chi connectivity index (χ1) is 8.10. The predicted octanol–water partition coefficient (Wildman–Crippen LogP) is 3.25. The standard InChI is InChI=1S/C15H29NO2/c1-14(2,3)12(6-7-13(17)18)8-9-16-10-15(4,5)11-16/h12H,6-11H2,1-5H3,(H,17,18). The number of nitrogens with zero attached hydrogens (tertiary/aromatic N) is 1. The summed E-state index contributed by atoms with van der Waals surface area (Å²) >= 11 is 0. The summed E-state index contributed by atoms with van der Waals surface area (Å²) in [6, 6.07) is 0. The highest BCUT2D eigenvalue weighted by Crippen LogP contribution is 2.35. The minimum absolute atomic E-state index is 0.204. The van der Waals surface area contributed by atoms with Crippen molar-refractivity contribution in [1.82, 2.24) is 4.90 Å². The molecule has 3 heteroatoms. The van der Waals surface area contributed by atoms with Gasteiger partial charge in [0, 0.05) is 19.5 Å². The summed E-state index contributed by atoms with van der Waals surface area (Å²) in [6.07, 6.45) is 2.22. The van der Waals surface area contributed by atoms with E-state index in [0.29, 0.717) is 17.8 Å². The third-order valence-corrected chi connectivity index (χ3v) is 4.03. The maximum absolute atomic E-state index is 10.7. The van der Waals surface area contributed by atoms with E-state index >= 15 is 0 Å². The van der Waals surface area contributed by atoms with E-state index in [2.05, 4.69) is 39.5 Å². The maximum atomic E-state index is 10.7. The molecular formula is C15H29NO2. The summed E-state index contributed by atoms with van der Waals surface area (Å²) in [6.45, 7) is 14.7. The van der Waals surface area contributed by atoms with Crippen LogP contribution in [0.2, 0.25) is 0 Å². The van der Waals surface area contributed by atoms with Crippen LogP contribution in [0.5, 0.6) is 0 Å². The van der Waals surface area contributed by atoms with Gasteiger partial charge in [0.1, 0.15) is 0 Å². The fraction of sp³-hybridized carbons (Fsp3) is 0.933. The Kier molecular flexibility index (Phi) is 4.82. The summed E-state index contributed by atoms with van der Waals surface area (Å²) in [5.74, 6) is -0.174. The van der Waals surface area contributed by atoms with E-state index in [4.69, 9.17) is 5.11 Å². The van der Waals surface area contributed by atoms with Crippen LogP contribution in [0.15, 0.2) is 0 Å². The first-order valence-electron chi connectivity index (χ1n) is 7.04. The highest BCUT2D eigenvalue weighted by atomic mass is 16.4. The molecule has 0 amide bonds. The second-order valence-electron chi connectivity index (χ2n) is 7.66. The molecule has 3 nitrogen and oxygen atoms in total. The van der Waals surface area contributed by atoms with Gasteiger partial charge in [-0.3, -0.25) is 4.79 Å². The van der Waals surface area contributed by atoms with E-state index < -0.39 is 5.97 Å². The summed E-state index contributed by atoms with van der Waals surface area (Å²) in [7, 11) is 0. The average Bonchev–Trinajstić information content (AvgIpc) is 2.11. The Hall–Kier alpha value is -0.570. The number of carbonyl (C=O) groups is 1. The molecule has 1 heterocycles. The smallest absolute Gasteiger partial charge is 0.303 e. The van der Waals surface area contributed by atoms with Crippen LogP contribution in [0, 0.1) is 16.7 Å². The highest BCUT2D eigenvalue weighted by Gasteiger charge is 2.34. The molecule has 0 saturated carbocycles. The van der Waals surface area contributed by atoms with Crippen molar-refractivity contribution >= 4 is 5.97 Å². The predicted molar refractivity (Wildman–Crippen MR) is 74.7 cm³/mol. The molecule has 0 radical (unpaired) electrons. The van der Waals surface area contributed by atoms with Crippen molar-refractivity contribution in [3.63, 3.8) is 0 Å². The van der Waals surface area contributed by atoms with E-state index in [1.807, 2.05) is 0 Å². The molecule has 0 aromatic carbocycles. The fourth-order valence-electron chi connectivity index (χ4n) is 2.97. The Morgan fingerprint density at radius 2 is 1.83 bits per heavy atom. The van der Waals surface area contributed by atoms with E-state index in [1.54, 1.807) is 0 Å². The first-order valence-corrected chi connectivity index (χ1v) is 7.04. The van der Waals surface area contributed by atoms with Crippen LogP contribution in [0.25, 0.3) is 0 Å². The molecule has 18 heavy (non-hydrogen) atoms. The third kappa shape index (κ3) is 4.97. The van der Waals surface area contributed by atoms with Gasteiger partial charge in [0.05, 0.1) is 0 Å². The van der Waals surface area contributed by atoms with Crippen LogP contribution in [0.1, 0.15) is 53.9 Å². The number of hydrogen-bond acceptors (Lipinski definition) is 2. The number of likely N-dealkylation sites (tertiary alicyclic amines) is 1. The highest BCUT2D eigenvalue weighted by molar-refractivity contribution is 5.66. The van der Waals surface area contributed by atoms with Gasteiger partial charge in [-0.25, -0.2) is 0 Å². The van der Waals surface area contributed by atoms with Crippen molar-refractivity contribution in [2.45, 2.75) is 53.9 Å². The Balaban J connectivity index is 2.35. The van der Waals surface area contributed by atoms with Gasteiger partial charge in [0.25, 0.3) is 0 Å². The average molecular weight is 255 g/mol. The molecule has 1 N–H and O–H groups in total. The molecule has 0 spiro atoms. The summed E-state index contributed by atoms with van der Waals surface area (Å²) in [5.41, 5.74) is 0.689. The number of rotatable bonds is 6. The van der Waals surface area contributed by atoms with Crippen molar-refractivity contribution < 1.29 is 9.90 Å². The fourth-order valence-corrected chi connectivity index (χ4v) is 2.97. The van der Waals surface area contributed by atoms with Crippen molar-refractivity contribution in [2.24, 2.45) is 16.7 Å². The van der Waals surface area contributed by atoms with E-state index in [1.165, 1.54) is 13.1 Å². The van der Waals surface area contributed by atoms with Crippen molar-refractivity contribution in [2.75, 3.05) is 19.6 Å². The molecule has 1 unspecified atom stereocenters. The molecule has 1 aliphatic rings. The SMILES string of the molecule is CC1(C)CN(CCC(CCC(=O)O)C(C)(C)C)C1. The Labute approximate surface area is 112 Å². The van der Waals surface area contributed by atoms with Gasteiger partial charge in [-0.05, 0) is 36.1 Å². The molecule has 1 aliphatic heterocycles. The van der Waals surface area contributed by atoms with Gasteiger partial charge >= 0.3 is 5.97 Å². The molecule has 106 valence electrons. The zero-order chi connectivity index (χ0) is 14.0. The van der Waals surface area contributed by atoms with Crippen molar-refractivity contribution in [3.8, 4) is 0 Å². The van der Waals surface area contributed by atoms with Crippen LogP contribution in [-0.2, 0) is 4.79 Å². The molecular weight excluding hydrogens is 226 g/mol. The second-order valence-corrected chi connectivity index (χ2v) is 7.66. The van der Waals surface area contributed by atoms with E-state index in [9.17, 15) is 4.79 Å². The van der Waals surface area contributed by atoms with Gasteiger partial charge in [0.2, 0.25) is 0 Å². The zero-order valence-electron chi connectivity index (χ0n) is 12.6. The summed E-state index contributed by atoms with van der Waals surface area (Å²) in [5, 5.41) is 8.82. The lowest BCUT2D eigenvalue weighted by molar-refractivity contribution is -0.137. The molecule has 0 aliphatic carbocycles. The largest absolute Gasteiger partial charge is 0.481 e. The summed E-state index contributed by atoms with van der Waals surface area (Å²) in [4.78, 5) is 13.2. The van der Waals surface area contributed by atoms with Crippen LogP contribution >= 0.6 is 0 Å². The van der Waals surface area contributed by atoms with Gasteiger partial charge in [-0.15, -0.1) is 0 Å². The number of carboxylic acids is 1. The van der Waals surface area contributed by atoms with Gasteiger partial charge < -0.3 is 10.0 Å². The third-order valence-electron chi connectivity index (χ3n) is 4.03. The lowest BCUT2D eigenvalue weighted by Crippen LogP contribution is -2.53. The normalized spacial score (nSPS) is 21.4. The maximum Gasteiger partial charge on any atom is 0.303 e. The van der Waals surface area contributed by atoms with Gasteiger partial charge in [-0.2, -0.15) is 0 Å². The Morgan fingerprint density at radius 1 is 1.28 bits per heavy atom. The molecule has 0 aromatic rings. The monoisotopic (exact) mass is 255 g/mol. The molecule has 0 aromatic heterocycles. The number of carboxylic acid groups (broad SMARTS) is 1. The van der Waals surface area contributed by atoms with Crippen molar-refractivity contribution in [1.29, 1.82) is 0 Å². The van der Waals surface area contributed by atoms with Gasteiger partial charge in [-0.1, -0.05) is 34.6 Å². The van der Waals surface area contributed by atoms with Crippen LogP contribution in [0.4, 0.5) is 0 Å². The summed E-state index contributed by atoms with van der Waals surface area (Å²) < 4.78 is 0. The van der Waals surface area contributed by atoms with Crippen LogP contribution < -0.4 is 0 Å². The van der Waals surface area contributed by atoms with E-state index in [0.717, 1.165) is 19.4 Å². The van der Waals surface area contributed by atoms with Crippen molar-refractivity contribution in [3.05, 3.63) is 0 Å². The first kappa shape index (κ1) is 15.5. The second kappa shape index (κ2) is 5.60. The quantitative estimate of drug-likeness (QED) is 0.792. The lowest BCUT2D eigenvalue weighted by atomic mass is 9.75. The van der Waals surface area contributed by atoms with E-state index in [-0.39, 0.29) is 5.41 Å². The molecule has 1 fully saturated rings. The molecule has 1 rings (SSSR count). The van der Waals surface area contributed by atoms with Gasteiger partial charge in [0.15, 0.2) is 0 Å².